The molecule has 2 rings (SSSR count). The van der Waals surface area contributed by atoms with Crippen molar-refractivity contribution >= 4 is 59.2 Å². The number of unbranched alkanes of at least 4 members (excludes halogenated alkanes) is 2. The van der Waals surface area contributed by atoms with Gasteiger partial charge >= 0.3 is 5.97 Å². The Bertz CT molecular complexity index is 2050. The van der Waals surface area contributed by atoms with Gasteiger partial charge in [0.15, 0.2) is 5.96 Å². The SMILES string of the molecule is C[C@@H](O)[C@H](NC(=O)[C@@H](NC(=O)[C@@H](N)CCCCN)[C@@H](O)CN)C(=O)NCC(=O)N[C@H](CCCN)C(=O)N1CCC[C@H]1C(=O)N[C@@H](Cc1cnc[nH]1)C(=O)N[C@@H](CCCCN)C(=O)N/C(=C\CCN=C(N)N)C(=O)O. The number of aromatic nitrogens is 2. The molecule has 0 aliphatic carbocycles. The molecule has 30 heteroatoms. The van der Waals surface area contributed by atoms with Crippen molar-refractivity contribution in [1.82, 2.24) is 52.1 Å². The van der Waals surface area contributed by atoms with Crippen molar-refractivity contribution in [3.05, 3.63) is 30.0 Å². The monoisotopic (exact) mass is 1050 g/mol. The minimum absolute atomic E-state index is 0.00693. The van der Waals surface area contributed by atoms with Crippen LogP contribution in [0.3, 0.4) is 0 Å². The molecule has 1 saturated heterocycles. The number of hydrogen-bond donors (Lipinski definition) is 18. The van der Waals surface area contributed by atoms with Crippen LogP contribution in [0.2, 0.25) is 0 Å². The molecule has 30 nitrogen and oxygen atoms in total. The molecule has 2 heterocycles. The summed E-state index contributed by atoms with van der Waals surface area (Å²) in [7, 11) is 0. The van der Waals surface area contributed by atoms with E-state index in [0.29, 0.717) is 44.3 Å². The number of H-pyrrole nitrogens is 1. The number of aliphatic carboxylic acids is 1. The molecule has 1 aromatic rings. The highest BCUT2D eigenvalue weighted by Gasteiger charge is 2.40. The summed E-state index contributed by atoms with van der Waals surface area (Å²) in [6, 6.07) is -9.52. The first-order chi connectivity index (χ1) is 35.2. The molecule has 25 N–H and O–H groups in total. The molecule has 1 aromatic heterocycles. The maximum atomic E-state index is 14.2. The van der Waals surface area contributed by atoms with Gasteiger partial charge in [0.25, 0.3) is 0 Å². The van der Waals surface area contributed by atoms with Crippen LogP contribution in [0.4, 0.5) is 0 Å². The number of likely N-dealkylation sites (tertiary alicyclic amines) is 1. The van der Waals surface area contributed by atoms with E-state index in [1.54, 1.807) is 0 Å². The normalized spacial score (nSPS) is 16.7. The van der Waals surface area contributed by atoms with E-state index in [1.165, 1.54) is 30.4 Å². The van der Waals surface area contributed by atoms with E-state index in [0.717, 1.165) is 0 Å². The molecule has 9 atom stereocenters. The molecule has 0 spiro atoms. The fraction of sp³-hybridized carbons (Fsp3) is 0.659. The summed E-state index contributed by atoms with van der Waals surface area (Å²) in [6.07, 6.45) is 3.63. The van der Waals surface area contributed by atoms with Crippen LogP contribution >= 0.6 is 0 Å². The number of imidazole rings is 1. The fourth-order valence-corrected chi connectivity index (χ4v) is 7.57. The topological polar surface area (TPSA) is 525 Å². The van der Waals surface area contributed by atoms with Crippen molar-refractivity contribution in [2.75, 3.05) is 45.8 Å². The summed E-state index contributed by atoms with van der Waals surface area (Å²) in [5, 5.41) is 47.7. The lowest BCUT2D eigenvalue weighted by molar-refractivity contribution is -0.142. The predicted octanol–water partition coefficient (Wildman–Crippen LogP) is -7.74. The molecular formula is C44H78N18O12. The predicted molar refractivity (Wildman–Crippen MR) is 268 cm³/mol. The van der Waals surface area contributed by atoms with Gasteiger partial charge in [0, 0.05) is 37.9 Å². The fourth-order valence-electron chi connectivity index (χ4n) is 7.57. The Hall–Kier alpha value is -6.83. The molecule has 0 saturated carbocycles. The number of nitrogens with one attached hydrogen (secondary N) is 8. The number of carbonyl (C=O) groups is 9. The van der Waals surface area contributed by atoms with Crippen LogP contribution in [-0.4, -0.2) is 190 Å². The Morgan fingerprint density at radius 2 is 1.45 bits per heavy atom. The van der Waals surface area contributed by atoms with Crippen molar-refractivity contribution in [3.63, 3.8) is 0 Å². The number of aliphatic hydroxyl groups excluding tert-OH is 2. The average Bonchev–Trinajstić information content (AvgIpc) is 4.08. The standard InChI is InChI=1S/C44H78N18O12/c1-24(63)34(60-41(71)35(32(64)20-48)61-36(66)26(49)9-2-4-14-45)40(70)54-22-33(65)56-28(11-6-16-47)42(72)62-18-8-13-31(62)39(69)59-30(19-25-21-52-23-55-25)38(68)57-27(10-3-5-15-46)37(67)58-29(43(73)74)12-7-17-53-44(50)51/h12,21,23-24,26-28,30-32,34-35,63-64H,2-11,13-20,22,45-49H2,1H3,(H,52,55)(H,54,70)(H,56,65)(H,57,68)(H,58,67)(H,59,69)(H,60,71)(H,61,66)(H,73,74)(H4,50,51,53)/b29-12-/t24-,26+,27+,28-,30+,31+,32+,34+,35+/m1/s1. The van der Waals surface area contributed by atoms with Crippen LogP contribution in [0.5, 0.6) is 0 Å². The Labute approximate surface area is 428 Å². The summed E-state index contributed by atoms with van der Waals surface area (Å²) < 4.78 is 0. The number of amides is 8. The van der Waals surface area contributed by atoms with Gasteiger partial charge in [-0.3, -0.25) is 43.3 Å². The van der Waals surface area contributed by atoms with Crippen LogP contribution in [0.1, 0.15) is 83.2 Å². The summed E-state index contributed by atoms with van der Waals surface area (Å²) >= 11 is 0. The zero-order valence-electron chi connectivity index (χ0n) is 41.8. The third-order valence-corrected chi connectivity index (χ3v) is 11.6. The van der Waals surface area contributed by atoms with Gasteiger partial charge in [-0.1, -0.05) is 12.5 Å². The Kier molecular flexibility index (Phi) is 28.9. The largest absolute Gasteiger partial charge is 0.477 e. The number of hydrogen-bond acceptors (Lipinski definition) is 18. The number of guanidine groups is 1. The van der Waals surface area contributed by atoms with Crippen LogP contribution in [0, 0.1) is 0 Å². The maximum Gasteiger partial charge on any atom is 0.352 e. The Balaban J connectivity index is 2.25. The minimum Gasteiger partial charge on any atom is -0.477 e. The van der Waals surface area contributed by atoms with Gasteiger partial charge in [0.05, 0.1) is 31.1 Å². The molecule has 0 bridgehead atoms. The Morgan fingerprint density at radius 3 is 2.04 bits per heavy atom. The van der Waals surface area contributed by atoms with Crippen molar-refractivity contribution in [2.24, 2.45) is 45.1 Å². The second kappa shape index (κ2) is 33.8. The third-order valence-electron chi connectivity index (χ3n) is 11.6. The van der Waals surface area contributed by atoms with E-state index >= 15 is 0 Å². The number of aliphatic hydroxyl groups is 2. The highest BCUT2D eigenvalue weighted by atomic mass is 16.4. The van der Waals surface area contributed by atoms with E-state index in [-0.39, 0.29) is 77.1 Å². The number of carbonyl (C=O) groups excluding carboxylic acids is 8. The first kappa shape index (κ1) is 63.3. The van der Waals surface area contributed by atoms with E-state index in [1.807, 2.05) is 0 Å². The number of nitrogens with two attached hydrogens (primary N) is 7. The molecular weight excluding hydrogens is 973 g/mol. The lowest BCUT2D eigenvalue weighted by Crippen LogP contribution is -2.62. The molecule has 416 valence electrons. The van der Waals surface area contributed by atoms with Crippen molar-refractivity contribution < 1.29 is 58.5 Å². The second-order valence-corrected chi connectivity index (χ2v) is 17.6. The highest BCUT2D eigenvalue weighted by molar-refractivity contribution is 5.99. The molecule has 0 unspecified atom stereocenters. The number of carboxylic acids is 1. The molecule has 1 aliphatic rings. The maximum absolute atomic E-state index is 14.2. The van der Waals surface area contributed by atoms with Gasteiger partial charge in [0.1, 0.15) is 41.9 Å². The number of carboxylic acid groups (broad SMARTS) is 1. The Morgan fingerprint density at radius 1 is 0.797 bits per heavy atom. The molecule has 0 aromatic carbocycles. The minimum atomic E-state index is -1.71. The zero-order valence-corrected chi connectivity index (χ0v) is 41.8. The molecule has 74 heavy (non-hydrogen) atoms. The summed E-state index contributed by atoms with van der Waals surface area (Å²) in [4.78, 5) is 132. The van der Waals surface area contributed by atoms with E-state index in [9.17, 15) is 58.5 Å². The molecule has 1 aliphatic heterocycles. The first-order valence-corrected chi connectivity index (χ1v) is 24.5. The molecule has 8 amide bonds. The smallest absolute Gasteiger partial charge is 0.352 e. The molecule has 0 radical (unpaired) electrons. The van der Waals surface area contributed by atoms with Gasteiger partial charge in [-0.2, -0.15) is 0 Å². The highest BCUT2D eigenvalue weighted by Crippen LogP contribution is 2.20. The van der Waals surface area contributed by atoms with Crippen LogP contribution < -0.4 is 77.4 Å². The third kappa shape index (κ3) is 22.1. The van der Waals surface area contributed by atoms with E-state index in [2.05, 4.69) is 52.2 Å². The van der Waals surface area contributed by atoms with Crippen molar-refractivity contribution in [3.8, 4) is 0 Å². The van der Waals surface area contributed by atoms with Crippen molar-refractivity contribution in [2.45, 2.75) is 138 Å². The van der Waals surface area contributed by atoms with E-state index in [4.69, 9.17) is 40.1 Å². The summed E-state index contributed by atoms with van der Waals surface area (Å²) in [5.74, 6) is -8.60. The zero-order chi connectivity index (χ0) is 55.3. The summed E-state index contributed by atoms with van der Waals surface area (Å²) in [5.41, 5.74) is 39.0. The van der Waals surface area contributed by atoms with Crippen molar-refractivity contribution in [1.29, 1.82) is 0 Å². The van der Waals surface area contributed by atoms with Gasteiger partial charge in [0.2, 0.25) is 47.3 Å². The quantitative estimate of drug-likeness (QED) is 0.0130. The first-order valence-electron chi connectivity index (χ1n) is 24.5. The summed E-state index contributed by atoms with van der Waals surface area (Å²) in [6.45, 7) is 0.785. The lowest BCUT2D eigenvalue weighted by Gasteiger charge is -2.30. The average molecular weight is 1050 g/mol. The second-order valence-electron chi connectivity index (χ2n) is 17.6. The lowest BCUT2D eigenvalue weighted by atomic mass is 10.1. The van der Waals surface area contributed by atoms with E-state index < -0.39 is 127 Å². The number of aromatic amines is 1. The van der Waals surface area contributed by atoms with Gasteiger partial charge in [-0.05, 0) is 90.8 Å². The van der Waals surface area contributed by atoms with Crippen LogP contribution in [0.15, 0.2) is 29.3 Å². The molecule has 1 fully saturated rings. The number of aliphatic imine (C=N–C) groups is 1. The van der Waals surface area contributed by atoms with Gasteiger partial charge in [-0.15, -0.1) is 0 Å². The van der Waals surface area contributed by atoms with Gasteiger partial charge in [-0.25, -0.2) is 9.78 Å². The van der Waals surface area contributed by atoms with Crippen LogP contribution in [-0.2, 0) is 49.6 Å². The van der Waals surface area contributed by atoms with Gasteiger partial charge < -0.3 is 103 Å². The number of rotatable bonds is 35. The number of nitrogens with zero attached hydrogens (tertiary/aromatic N) is 3. The van der Waals surface area contributed by atoms with Crippen LogP contribution in [0.25, 0.3) is 0 Å².